The zero-order chi connectivity index (χ0) is 21.4. The summed E-state index contributed by atoms with van der Waals surface area (Å²) in [6, 6.07) is 2.02. The zero-order valence-electron chi connectivity index (χ0n) is 15.7. The van der Waals surface area contributed by atoms with E-state index in [0.29, 0.717) is 6.07 Å². The monoisotopic (exact) mass is 404 g/mol. The van der Waals surface area contributed by atoms with Crippen molar-refractivity contribution < 1.29 is 32.3 Å². The Hall–Kier alpha value is -3.23. The summed E-state index contributed by atoms with van der Waals surface area (Å²) in [6.07, 6.45) is -4.94. The summed E-state index contributed by atoms with van der Waals surface area (Å²) in [5, 5.41) is -0.326. The lowest BCUT2D eigenvalue weighted by Crippen LogP contribution is -2.44. The number of benzene rings is 2. The molecule has 9 heteroatoms. The van der Waals surface area contributed by atoms with E-state index in [-0.39, 0.29) is 46.1 Å². The van der Waals surface area contributed by atoms with Crippen LogP contribution in [0.4, 0.5) is 13.2 Å². The Morgan fingerprint density at radius 1 is 0.759 bits per heavy atom. The van der Waals surface area contributed by atoms with Gasteiger partial charge in [-0.15, -0.1) is 0 Å². The molecule has 0 fully saturated rings. The smallest absolute Gasteiger partial charge is 0.275 e. The van der Waals surface area contributed by atoms with E-state index in [2.05, 4.69) is 0 Å². The minimum absolute atomic E-state index is 0.0122. The quantitative estimate of drug-likeness (QED) is 0.719. The van der Waals surface area contributed by atoms with Crippen molar-refractivity contribution in [2.75, 3.05) is 13.1 Å². The summed E-state index contributed by atoms with van der Waals surface area (Å²) in [7, 11) is 0. The second-order valence-corrected chi connectivity index (χ2v) is 6.92. The number of carbonyl (C=O) groups is 4. The van der Waals surface area contributed by atoms with Crippen molar-refractivity contribution in [3.63, 3.8) is 0 Å². The highest BCUT2D eigenvalue weighted by Crippen LogP contribution is 2.45. The van der Waals surface area contributed by atoms with E-state index < -0.39 is 40.9 Å². The Kier molecular flexibility index (Phi) is 3.88. The van der Waals surface area contributed by atoms with Gasteiger partial charge >= 0.3 is 6.18 Å². The normalized spacial score (nSPS) is 16.3. The molecule has 0 saturated carbocycles. The van der Waals surface area contributed by atoms with Crippen LogP contribution < -0.4 is 0 Å². The van der Waals surface area contributed by atoms with Crippen LogP contribution in [-0.4, -0.2) is 46.5 Å². The number of imide groups is 2. The van der Waals surface area contributed by atoms with E-state index in [1.807, 2.05) is 0 Å². The molecule has 0 atom stereocenters. The molecule has 0 bridgehead atoms. The fourth-order valence-electron chi connectivity index (χ4n) is 4.15. The molecular weight excluding hydrogens is 389 g/mol. The number of rotatable bonds is 2. The minimum atomic E-state index is -4.94. The lowest BCUT2D eigenvalue weighted by molar-refractivity contribution is -0.137. The van der Waals surface area contributed by atoms with Crippen molar-refractivity contribution in [1.29, 1.82) is 0 Å². The molecule has 0 aliphatic carbocycles. The van der Waals surface area contributed by atoms with Crippen LogP contribution in [0, 0.1) is 6.92 Å². The van der Waals surface area contributed by atoms with Crippen molar-refractivity contribution in [2.45, 2.75) is 26.9 Å². The van der Waals surface area contributed by atoms with Gasteiger partial charge in [-0.3, -0.25) is 29.0 Å². The lowest BCUT2D eigenvalue weighted by Gasteiger charge is -2.33. The Morgan fingerprint density at radius 2 is 1.24 bits per heavy atom. The van der Waals surface area contributed by atoms with Crippen molar-refractivity contribution in [3.05, 3.63) is 45.5 Å². The van der Waals surface area contributed by atoms with Gasteiger partial charge in [-0.2, -0.15) is 13.2 Å². The molecule has 0 aromatic heterocycles. The van der Waals surface area contributed by atoms with Gasteiger partial charge in [0.1, 0.15) is 0 Å². The van der Waals surface area contributed by atoms with Crippen molar-refractivity contribution in [1.82, 2.24) is 9.80 Å². The van der Waals surface area contributed by atoms with Gasteiger partial charge in [0.25, 0.3) is 23.6 Å². The Bertz CT molecular complexity index is 1170. The number of hydrogen-bond acceptors (Lipinski definition) is 4. The van der Waals surface area contributed by atoms with Crippen LogP contribution in [0.1, 0.15) is 66.4 Å². The molecule has 2 aliphatic rings. The maximum Gasteiger partial charge on any atom is 0.417 e. The van der Waals surface area contributed by atoms with Crippen LogP contribution in [0.25, 0.3) is 10.8 Å². The van der Waals surface area contributed by atoms with Gasteiger partial charge in [0.05, 0.1) is 16.7 Å². The van der Waals surface area contributed by atoms with Gasteiger partial charge in [0, 0.05) is 35.0 Å². The third-order valence-corrected chi connectivity index (χ3v) is 5.41. The molecule has 0 N–H and O–H groups in total. The van der Waals surface area contributed by atoms with Gasteiger partial charge in [-0.1, -0.05) is 0 Å². The van der Waals surface area contributed by atoms with Crippen LogP contribution in [0.15, 0.2) is 12.1 Å². The summed E-state index contributed by atoms with van der Waals surface area (Å²) < 4.78 is 41.7. The van der Waals surface area contributed by atoms with Crippen LogP contribution >= 0.6 is 0 Å². The number of nitrogens with zero attached hydrogens (tertiary/aromatic N) is 2. The molecule has 29 heavy (non-hydrogen) atoms. The Morgan fingerprint density at radius 3 is 1.76 bits per heavy atom. The van der Waals surface area contributed by atoms with Gasteiger partial charge in [0.2, 0.25) is 0 Å². The van der Waals surface area contributed by atoms with E-state index in [4.69, 9.17) is 0 Å². The first-order chi connectivity index (χ1) is 13.5. The molecule has 4 amide bonds. The van der Waals surface area contributed by atoms with Gasteiger partial charge < -0.3 is 0 Å². The first-order valence-corrected chi connectivity index (χ1v) is 8.98. The first kappa shape index (κ1) is 19.1. The highest BCUT2D eigenvalue weighted by atomic mass is 19.4. The van der Waals surface area contributed by atoms with Gasteiger partial charge in [-0.25, -0.2) is 0 Å². The molecule has 0 spiro atoms. The molecule has 2 aromatic carbocycles. The predicted molar refractivity (Wildman–Crippen MR) is 95.8 cm³/mol. The molecular formula is C20H15F3N2O4. The van der Waals surface area contributed by atoms with Gasteiger partial charge in [-0.05, 0) is 38.5 Å². The standard InChI is InChI=1S/C20H15F3N2O4/c1-4-24-16(26)9-6-8(3)12-15-13(9)10(17(24)27)7-11(20(21,22)23)14(15)19(29)25(5-2)18(12)28/h6-7H,4-5H2,1-3H3. The topological polar surface area (TPSA) is 74.8 Å². The van der Waals surface area contributed by atoms with Crippen molar-refractivity contribution in [3.8, 4) is 0 Å². The molecule has 0 saturated heterocycles. The summed E-state index contributed by atoms with van der Waals surface area (Å²) in [5.41, 5.74) is -2.11. The van der Waals surface area contributed by atoms with Crippen LogP contribution in [0.5, 0.6) is 0 Å². The third kappa shape index (κ3) is 2.30. The highest BCUT2D eigenvalue weighted by Gasteiger charge is 2.46. The fourth-order valence-corrected chi connectivity index (χ4v) is 4.15. The zero-order valence-corrected chi connectivity index (χ0v) is 15.7. The minimum Gasteiger partial charge on any atom is -0.275 e. The lowest BCUT2D eigenvalue weighted by atomic mass is 9.81. The maximum absolute atomic E-state index is 13.9. The average molecular weight is 404 g/mol. The Balaban J connectivity index is 2.29. The van der Waals surface area contributed by atoms with E-state index in [1.54, 1.807) is 0 Å². The van der Waals surface area contributed by atoms with E-state index in [1.165, 1.54) is 26.8 Å². The summed E-state index contributed by atoms with van der Waals surface area (Å²) in [5.74, 6) is -3.37. The molecule has 0 radical (unpaired) electrons. The largest absolute Gasteiger partial charge is 0.417 e. The molecule has 150 valence electrons. The summed E-state index contributed by atoms with van der Waals surface area (Å²) in [4.78, 5) is 52.9. The molecule has 2 aromatic rings. The van der Waals surface area contributed by atoms with Crippen LogP contribution in [0.2, 0.25) is 0 Å². The fraction of sp³-hybridized carbons (Fsp3) is 0.300. The first-order valence-electron chi connectivity index (χ1n) is 8.98. The molecule has 2 aliphatic heterocycles. The molecule has 0 unspecified atom stereocenters. The number of aryl methyl sites for hydroxylation is 1. The molecule has 6 nitrogen and oxygen atoms in total. The number of halogens is 3. The average Bonchev–Trinajstić information content (AvgIpc) is 2.64. The molecule has 4 rings (SSSR count). The third-order valence-electron chi connectivity index (χ3n) is 5.41. The van der Waals surface area contributed by atoms with Gasteiger partial charge in [0.15, 0.2) is 0 Å². The maximum atomic E-state index is 13.9. The number of amides is 4. The molecule has 2 heterocycles. The number of hydrogen-bond donors (Lipinski definition) is 0. The van der Waals surface area contributed by atoms with Crippen molar-refractivity contribution in [2.24, 2.45) is 0 Å². The van der Waals surface area contributed by atoms with E-state index in [0.717, 1.165) is 9.80 Å². The van der Waals surface area contributed by atoms with Crippen LogP contribution in [-0.2, 0) is 6.18 Å². The SMILES string of the molecule is CCN1C(=O)c2cc(C)c3c4c(c(C(F)(F)F)cc(c24)C1=O)C(=O)N(CC)C3=O. The highest BCUT2D eigenvalue weighted by molar-refractivity contribution is 6.34. The second kappa shape index (κ2) is 5.88. The van der Waals surface area contributed by atoms with Crippen LogP contribution in [0.3, 0.4) is 0 Å². The van der Waals surface area contributed by atoms with Crippen molar-refractivity contribution >= 4 is 34.4 Å². The van der Waals surface area contributed by atoms with E-state index in [9.17, 15) is 32.3 Å². The number of alkyl halides is 3. The summed E-state index contributed by atoms with van der Waals surface area (Å²) in [6.45, 7) is 4.38. The second-order valence-electron chi connectivity index (χ2n) is 6.92. The predicted octanol–water partition coefficient (Wildman–Crippen LogP) is 3.40. The number of carbonyl (C=O) groups excluding carboxylic acids is 4. The Labute approximate surface area is 162 Å². The summed E-state index contributed by atoms with van der Waals surface area (Å²) >= 11 is 0. The van der Waals surface area contributed by atoms with E-state index >= 15 is 0 Å².